The number of phenolic OH excluding ortho intramolecular Hbond substituents is 1. The zero-order chi connectivity index (χ0) is 18.7. The van der Waals surface area contributed by atoms with Crippen LogP contribution in [0.5, 0.6) is 5.75 Å². The number of thioether (sulfide) groups is 1. The number of amides is 1. The molecule has 1 amide bonds. The average Bonchev–Trinajstić information content (AvgIpc) is 2.87. The van der Waals surface area contributed by atoms with E-state index in [2.05, 4.69) is 11.6 Å². The lowest BCUT2D eigenvalue weighted by Gasteiger charge is -2.12. The highest BCUT2D eigenvalue weighted by Crippen LogP contribution is 2.36. The number of carbonyl (C=O) groups is 1. The number of nitrogens with zero attached hydrogens (tertiary/aromatic N) is 2. The number of amidine groups is 1. The normalized spacial score (nSPS) is 17.3. The number of aryl methyl sites for hydroxylation is 1. The number of aliphatic imine (C=N–C) groups is 1. The molecule has 1 saturated heterocycles. The van der Waals surface area contributed by atoms with Crippen LogP contribution in [0.1, 0.15) is 11.1 Å². The number of carbonyl (C=O) groups excluding carboxylic acids is 1. The van der Waals surface area contributed by atoms with Gasteiger partial charge in [-0.05, 0) is 60.2 Å². The Morgan fingerprint density at radius 3 is 2.81 bits per heavy atom. The van der Waals surface area contributed by atoms with Crippen molar-refractivity contribution in [3.63, 3.8) is 0 Å². The predicted molar refractivity (Wildman–Crippen MR) is 104 cm³/mol. The van der Waals surface area contributed by atoms with Crippen LogP contribution in [0.15, 0.2) is 65.0 Å². The number of aromatic hydroxyl groups is 1. The maximum atomic E-state index is 13.4. The first-order valence-corrected chi connectivity index (χ1v) is 8.76. The second-order valence-corrected chi connectivity index (χ2v) is 6.77. The summed E-state index contributed by atoms with van der Waals surface area (Å²) in [5, 5.41) is 10.5. The Kier molecular flexibility index (Phi) is 5.23. The summed E-state index contributed by atoms with van der Waals surface area (Å²) in [6, 6.07) is 11.2. The fourth-order valence-electron chi connectivity index (χ4n) is 2.46. The molecule has 132 valence electrons. The molecule has 0 unspecified atom stereocenters. The zero-order valence-electron chi connectivity index (χ0n) is 14.1. The molecule has 0 aliphatic carbocycles. The van der Waals surface area contributed by atoms with E-state index < -0.39 is 0 Å². The van der Waals surface area contributed by atoms with Crippen LogP contribution in [0.2, 0.25) is 0 Å². The van der Waals surface area contributed by atoms with Crippen LogP contribution >= 0.6 is 11.8 Å². The molecule has 0 spiro atoms. The highest BCUT2D eigenvalue weighted by Gasteiger charge is 2.32. The molecule has 1 fully saturated rings. The van der Waals surface area contributed by atoms with Gasteiger partial charge in [-0.15, -0.1) is 6.58 Å². The molecule has 6 heteroatoms. The van der Waals surface area contributed by atoms with Crippen LogP contribution in [-0.4, -0.2) is 27.6 Å². The van der Waals surface area contributed by atoms with E-state index in [9.17, 15) is 14.3 Å². The van der Waals surface area contributed by atoms with Gasteiger partial charge in [0.15, 0.2) is 5.17 Å². The second kappa shape index (κ2) is 7.58. The molecule has 1 N–H and O–H groups in total. The first-order chi connectivity index (χ1) is 12.5. The summed E-state index contributed by atoms with van der Waals surface area (Å²) < 4.78 is 13.4. The summed E-state index contributed by atoms with van der Waals surface area (Å²) in [6.07, 6.45) is 3.23. The van der Waals surface area contributed by atoms with E-state index in [-0.39, 0.29) is 24.0 Å². The number of halogens is 1. The van der Waals surface area contributed by atoms with E-state index in [0.717, 1.165) is 5.56 Å². The highest BCUT2D eigenvalue weighted by atomic mass is 32.2. The predicted octanol–water partition coefficient (Wildman–Crippen LogP) is 4.63. The molecule has 2 aromatic carbocycles. The summed E-state index contributed by atoms with van der Waals surface area (Å²) in [5.41, 5.74) is 1.89. The number of rotatable bonds is 4. The Labute approximate surface area is 155 Å². The lowest BCUT2D eigenvalue weighted by atomic mass is 10.2. The summed E-state index contributed by atoms with van der Waals surface area (Å²) in [7, 11) is 0. The molecule has 26 heavy (non-hydrogen) atoms. The molecule has 0 aromatic heterocycles. The van der Waals surface area contributed by atoms with E-state index in [1.54, 1.807) is 36.4 Å². The maximum Gasteiger partial charge on any atom is 0.267 e. The third-order valence-electron chi connectivity index (χ3n) is 3.69. The lowest BCUT2D eigenvalue weighted by Crippen LogP contribution is -2.29. The molecule has 1 aliphatic heterocycles. The maximum absolute atomic E-state index is 13.4. The van der Waals surface area contributed by atoms with Gasteiger partial charge in [-0.2, -0.15) is 0 Å². The topological polar surface area (TPSA) is 52.9 Å². The van der Waals surface area contributed by atoms with Crippen molar-refractivity contribution in [2.75, 3.05) is 6.54 Å². The minimum atomic E-state index is -0.365. The van der Waals surface area contributed by atoms with Gasteiger partial charge in [0.25, 0.3) is 5.91 Å². The summed E-state index contributed by atoms with van der Waals surface area (Å²) in [4.78, 5) is 19.0. The van der Waals surface area contributed by atoms with Gasteiger partial charge in [0.05, 0.1) is 4.91 Å². The third-order valence-corrected chi connectivity index (χ3v) is 4.70. The Balaban J connectivity index is 1.98. The second-order valence-electron chi connectivity index (χ2n) is 5.76. The quantitative estimate of drug-likeness (QED) is 0.632. The van der Waals surface area contributed by atoms with Crippen molar-refractivity contribution in [1.29, 1.82) is 0 Å². The van der Waals surface area contributed by atoms with Crippen molar-refractivity contribution in [2.45, 2.75) is 6.92 Å². The Hall–Kier alpha value is -2.86. The van der Waals surface area contributed by atoms with Crippen LogP contribution in [0, 0.1) is 12.7 Å². The van der Waals surface area contributed by atoms with Crippen LogP contribution in [-0.2, 0) is 4.79 Å². The zero-order valence-corrected chi connectivity index (χ0v) is 15.0. The van der Waals surface area contributed by atoms with Gasteiger partial charge in [0, 0.05) is 6.54 Å². The third kappa shape index (κ3) is 3.86. The first-order valence-electron chi connectivity index (χ1n) is 7.94. The number of hydrogen-bond acceptors (Lipinski definition) is 4. The smallest absolute Gasteiger partial charge is 0.267 e. The van der Waals surface area contributed by atoms with Crippen LogP contribution in [0.3, 0.4) is 0 Å². The minimum absolute atomic E-state index is 0.0478. The lowest BCUT2D eigenvalue weighted by molar-refractivity contribution is -0.121. The van der Waals surface area contributed by atoms with Gasteiger partial charge < -0.3 is 5.11 Å². The van der Waals surface area contributed by atoms with Crippen molar-refractivity contribution >= 4 is 34.6 Å². The van der Waals surface area contributed by atoms with Gasteiger partial charge in [-0.3, -0.25) is 9.69 Å². The van der Waals surface area contributed by atoms with Crippen molar-refractivity contribution in [2.24, 2.45) is 4.99 Å². The number of benzene rings is 2. The monoisotopic (exact) mass is 368 g/mol. The molecule has 1 heterocycles. The summed E-state index contributed by atoms with van der Waals surface area (Å²) >= 11 is 1.18. The van der Waals surface area contributed by atoms with E-state index in [1.165, 1.54) is 28.8 Å². The molecule has 0 atom stereocenters. The average molecular weight is 368 g/mol. The summed E-state index contributed by atoms with van der Waals surface area (Å²) in [6.45, 7) is 5.83. The molecule has 0 bridgehead atoms. The van der Waals surface area contributed by atoms with Crippen LogP contribution in [0.4, 0.5) is 10.1 Å². The molecule has 3 rings (SSSR count). The van der Waals surface area contributed by atoms with Crippen molar-refractivity contribution in [3.05, 3.63) is 77.0 Å². The molecule has 1 aliphatic rings. The largest absolute Gasteiger partial charge is 0.506 e. The van der Waals surface area contributed by atoms with E-state index in [0.29, 0.717) is 21.3 Å². The molecule has 4 nitrogen and oxygen atoms in total. The van der Waals surface area contributed by atoms with Crippen LogP contribution in [0.25, 0.3) is 6.08 Å². The SMILES string of the molecule is C=CCN1C(=O)/C(=C/c2cccc(F)c2)SC1=Nc1ccc(C)cc1O. The number of phenols is 1. The standard InChI is InChI=1S/C20H17FN2O2S/c1-3-9-23-19(25)18(12-14-5-4-6-15(21)11-14)26-20(23)22-16-8-7-13(2)10-17(16)24/h3-8,10-12,24H,1,9H2,2H3/b18-12-,22-20?. The van der Waals surface area contributed by atoms with Gasteiger partial charge in [0.2, 0.25) is 0 Å². The van der Waals surface area contributed by atoms with Crippen molar-refractivity contribution in [1.82, 2.24) is 4.90 Å². The Morgan fingerprint density at radius 1 is 1.31 bits per heavy atom. The summed E-state index contributed by atoms with van der Waals surface area (Å²) in [5.74, 6) is -0.549. The fourth-order valence-corrected chi connectivity index (χ4v) is 3.46. The van der Waals surface area contributed by atoms with Gasteiger partial charge in [0.1, 0.15) is 17.3 Å². The fraction of sp³-hybridized carbons (Fsp3) is 0.100. The molecular formula is C20H17FN2O2S. The van der Waals surface area contributed by atoms with Crippen LogP contribution < -0.4 is 0 Å². The van der Waals surface area contributed by atoms with E-state index in [4.69, 9.17) is 0 Å². The van der Waals surface area contributed by atoms with Crippen molar-refractivity contribution < 1.29 is 14.3 Å². The minimum Gasteiger partial charge on any atom is -0.506 e. The Bertz CT molecular complexity index is 937. The highest BCUT2D eigenvalue weighted by molar-refractivity contribution is 8.18. The van der Waals surface area contributed by atoms with Gasteiger partial charge in [-0.1, -0.05) is 24.3 Å². The first kappa shape index (κ1) is 17.9. The van der Waals surface area contributed by atoms with E-state index >= 15 is 0 Å². The molecule has 2 aromatic rings. The van der Waals surface area contributed by atoms with Gasteiger partial charge in [-0.25, -0.2) is 9.38 Å². The van der Waals surface area contributed by atoms with Gasteiger partial charge >= 0.3 is 0 Å². The van der Waals surface area contributed by atoms with E-state index in [1.807, 2.05) is 13.0 Å². The number of hydrogen-bond donors (Lipinski definition) is 1. The molecule has 0 saturated carbocycles. The molecular weight excluding hydrogens is 351 g/mol. The molecule has 0 radical (unpaired) electrons. The van der Waals surface area contributed by atoms with Crippen molar-refractivity contribution in [3.8, 4) is 5.75 Å². The Morgan fingerprint density at radius 2 is 2.12 bits per heavy atom.